The van der Waals surface area contributed by atoms with E-state index in [4.69, 9.17) is 9.47 Å². The Hall–Kier alpha value is -2.96. The first kappa shape index (κ1) is 15.4. The van der Waals surface area contributed by atoms with Crippen molar-refractivity contribution in [2.75, 3.05) is 25.1 Å². The van der Waals surface area contributed by atoms with Crippen molar-refractivity contribution in [3.63, 3.8) is 0 Å². The van der Waals surface area contributed by atoms with Gasteiger partial charge in [0.2, 0.25) is 0 Å². The van der Waals surface area contributed by atoms with E-state index < -0.39 is 4.92 Å². The van der Waals surface area contributed by atoms with E-state index in [0.717, 1.165) is 17.0 Å². The van der Waals surface area contributed by atoms with Crippen molar-refractivity contribution < 1.29 is 14.4 Å². The van der Waals surface area contributed by atoms with Crippen LogP contribution in [0.1, 0.15) is 5.56 Å². The van der Waals surface area contributed by atoms with Crippen LogP contribution in [0.4, 0.5) is 17.1 Å². The van der Waals surface area contributed by atoms with E-state index in [1.54, 1.807) is 19.2 Å². The lowest BCUT2D eigenvalue weighted by atomic mass is 10.2. The highest BCUT2D eigenvalue weighted by molar-refractivity contribution is 5.61. The van der Waals surface area contributed by atoms with Gasteiger partial charge in [0.05, 0.1) is 30.5 Å². The molecule has 116 valence electrons. The molecule has 0 saturated carbocycles. The molecule has 0 atom stereocenters. The monoisotopic (exact) mass is 303 g/mol. The van der Waals surface area contributed by atoms with Crippen LogP contribution in [0.5, 0.6) is 11.5 Å². The van der Waals surface area contributed by atoms with Gasteiger partial charge >= 0.3 is 5.69 Å². The van der Waals surface area contributed by atoms with Crippen LogP contribution in [0, 0.1) is 17.0 Å². The maximum absolute atomic E-state index is 10.8. The Bertz CT molecular complexity index is 688. The summed E-state index contributed by atoms with van der Waals surface area (Å²) in [7, 11) is 3.01. The van der Waals surface area contributed by atoms with Crippen molar-refractivity contribution in [2.24, 2.45) is 0 Å². The summed E-state index contributed by atoms with van der Waals surface area (Å²) in [5, 5.41) is 10.8. The first-order chi connectivity index (χ1) is 10.5. The SMILES string of the molecule is COc1cc(NNc2ccc([N+](=O)[O-])c(OC)c2)ccc1C. The first-order valence-electron chi connectivity index (χ1n) is 6.54. The highest BCUT2D eigenvalue weighted by atomic mass is 16.6. The summed E-state index contributed by atoms with van der Waals surface area (Å²) in [5.41, 5.74) is 8.37. The Morgan fingerprint density at radius 3 is 2.05 bits per heavy atom. The van der Waals surface area contributed by atoms with E-state index in [1.165, 1.54) is 13.2 Å². The lowest BCUT2D eigenvalue weighted by Crippen LogP contribution is -2.09. The van der Waals surface area contributed by atoms with Crippen LogP contribution < -0.4 is 20.3 Å². The zero-order valence-corrected chi connectivity index (χ0v) is 12.5. The summed E-state index contributed by atoms with van der Waals surface area (Å²) in [6.45, 7) is 1.96. The molecule has 7 heteroatoms. The minimum absolute atomic E-state index is 0.0787. The van der Waals surface area contributed by atoms with Crippen LogP contribution in [0.3, 0.4) is 0 Å². The highest BCUT2D eigenvalue weighted by Gasteiger charge is 2.14. The molecular weight excluding hydrogens is 286 g/mol. The van der Waals surface area contributed by atoms with Crippen LogP contribution >= 0.6 is 0 Å². The number of ether oxygens (including phenoxy) is 2. The smallest absolute Gasteiger partial charge is 0.311 e. The largest absolute Gasteiger partial charge is 0.496 e. The maximum Gasteiger partial charge on any atom is 0.311 e. The molecule has 2 aromatic rings. The second-order valence-corrected chi connectivity index (χ2v) is 4.58. The molecule has 0 bridgehead atoms. The van der Waals surface area contributed by atoms with Gasteiger partial charge in [-0.2, -0.15) is 0 Å². The minimum Gasteiger partial charge on any atom is -0.496 e. The van der Waals surface area contributed by atoms with Crippen molar-refractivity contribution >= 4 is 17.1 Å². The molecule has 0 aliphatic heterocycles. The van der Waals surface area contributed by atoms with Crippen molar-refractivity contribution in [3.05, 3.63) is 52.1 Å². The predicted molar refractivity (Wildman–Crippen MR) is 84.6 cm³/mol. The third-order valence-electron chi connectivity index (χ3n) is 3.14. The standard InChI is InChI=1S/C15H17N3O4/c1-10-4-5-11(8-14(10)21-2)16-17-12-6-7-13(18(19)20)15(9-12)22-3/h4-9,16-17H,1-3H3. The molecule has 2 rings (SSSR count). The van der Waals surface area contributed by atoms with Crippen LogP contribution in [0.25, 0.3) is 0 Å². The second kappa shape index (κ2) is 6.66. The molecule has 0 radical (unpaired) electrons. The van der Waals surface area contributed by atoms with E-state index in [-0.39, 0.29) is 11.4 Å². The summed E-state index contributed by atoms with van der Waals surface area (Å²) in [6.07, 6.45) is 0. The fraction of sp³-hybridized carbons (Fsp3) is 0.200. The number of hydrazine groups is 1. The van der Waals surface area contributed by atoms with Gasteiger partial charge in [-0.3, -0.25) is 10.1 Å². The normalized spacial score (nSPS) is 9.95. The third-order valence-corrected chi connectivity index (χ3v) is 3.14. The predicted octanol–water partition coefficient (Wildman–Crippen LogP) is 3.36. The molecule has 0 spiro atoms. The Kier molecular flexibility index (Phi) is 4.67. The van der Waals surface area contributed by atoms with Gasteiger partial charge in [0.15, 0.2) is 5.75 Å². The van der Waals surface area contributed by atoms with Crippen molar-refractivity contribution in [1.82, 2.24) is 0 Å². The Labute approximate surface area is 128 Å². The number of nitro groups is 1. The highest BCUT2D eigenvalue weighted by Crippen LogP contribution is 2.30. The second-order valence-electron chi connectivity index (χ2n) is 4.58. The van der Waals surface area contributed by atoms with E-state index in [0.29, 0.717) is 5.69 Å². The molecule has 2 aromatic carbocycles. The van der Waals surface area contributed by atoms with Gasteiger partial charge in [-0.1, -0.05) is 6.07 Å². The lowest BCUT2D eigenvalue weighted by Gasteiger charge is -2.12. The fourth-order valence-electron chi connectivity index (χ4n) is 1.95. The zero-order valence-electron chi connectivity index (χ0n) is 12.5. The van der Waals surface area contributed by atoms with E-state index in [9.17, 15) is 10.1 Å². The van der Waals surface area contributed by atoms with Gasteiger partial charge in [0.25, 0.3) is 0 Å². The molecule has 2 N–H and O–H groups in total. The number of aryl methyl sites for hydroxylation is 1. The molecule has 22 heavy (non-hydrogen) atoms. The molecule has 0 aromatic heterocycles. The molecule has 0 amide bonds. The number of nitrogens with one attached hydrogen (secondary N) is 2. The van der Waals surface area contributed by atoms with Gasteiger partial charge < -0.3 is 20.3 Å². The van der Waals surface area contributed by atoms with Gasteiger partial charge in [-0.05, 0) is 24.6 Å². The number of benzene rings is 2. The average molecular weight is 303 g/mol. The summed E-state index contributed by atoms with van der Waals surface area (Å²) in [6, 6.07) is 10.2. The van der Waals surface area contributed by atoms with Crippen molar-refractivity contribution in [2.45, 2.75) is 6.92 Å². The number of anilines is 2. The van der Waals surface area contributed by atoms with E-state index in [1.807, 2.05) is 25.1 Å². The third kappa shape index (κ3) is 3.38. The van der Waals surface area contributed by atoms with E-state index >= 15 is 0 Å². The molecule has 0 unspecified atom stereocenters. The maximum atomic E-state index is 10.8. The molecule has 7 nitrogen and oxygen atoms in total. The van der Waals surface area contributed by atoms with Crippen molar-refractivity contribution in [1.29, 1.82) is 0 Å². The molecule has 0 aliphatic rings. The topological polar surface area (TPSA) is 85.7 Å². The van der Waals surface area contributed by atoms with Gasteiger partial charge in [0, 0.05) is 18.2 Å². The van der Waals surface area contributed by atoms with Crippen LogP contribution in [0.15, 0.2) is 36.4 Å². The average Bonchev–Trinajstić information content (AvgIpc) is 2.53. The Morgan fingerprint density at radius 2 is 1.50 bits per heavy atom. The molecule has 0 saturated heterocycles. The van der Waals surface area contributed by atoms with Crippen LogP contribution in [-0.4, -0.2) is 19.1 Å². The Morgan fingerprint density at radius 1 is 0.955 bits per heavy atom. The van der Waals surface area contributed by atoms with Gasteiger partial charge in [0.1, 0.15) is 5.75 Å². The number of nitrogens with zero attached hydrogens (tertiary/aromatic N) is 1. The van der Waals surface area contributed by atoms with Gasteiger partial charge in [-0.25, -0.2) is 0 Å². The number of hydrogen-bond donors (Lipinski definition) is 2. The number of nitro benzene ring substituents is 1. The summed E-state index contributed by atoms with van der Waals surface area (Å²) in [5.74, 6) is 0.964. The summed E-state index contributed by atoms with van der Waals surface area (Å²) in [4.78, 5) is 10.4. The van der Waals surface area contributed by atoms with Crippen LogP contribution in [0.2, 0.25) is 0 Å². The number of rotatable bonds is 6. The fourth-order valence-corrected chi connectivity index (χ4v) is 1.95. The molecular formula is C15H17N3O4. The zero-order chi connectivity index (χ0) is 16.1. The number of methoxy groups -OCH3 is 2. The van der Waals surface area contributed by atoms with E-state index in [2.05, 4.69) is 10.9 Å². The van der Waals surface area contributed by atoms with Crippen molar-refractivity contribution in [3.8, 4) is 11.5 Å². The quantitative estimate of drug-likeness (QED) is 0.628. The molecule has 0 aliphatic carbocycles. The lowest BCUT2D eigenvalue weighted by molar-refractivity contribution is -0.385. The van der Waals surface area contributed by atoms with Gasteiger partial charge in [-0.15, -0.1) is 0 Å². The number of hydrogen-bond acceptors (Lipinski definition) is 6. The summed E-state index contributed by atoms with van der Waals surface area (Å²) < 4.78 is 10.3. The first-order valence-corrected chi connectivity index (χ1v) is 6.54. The molecule has 0 fully saturated rings. The van der Waals surface area contributed by atoms with Crippen LogP contribution in [-0.2, 0) is 0 Å². The summed E-state index contributed by atoms with van der Waals surface area (Å²) >= 11 is 0. The minimum atomic E-state index is -0.485. The Balaban J connectivity index is 2.13. The molecule has 0 heterocycles.